The molecule has 1 aromatic heterocycles. The number of nitrogens with one attached hydrogen (secondary N) is 1. The first-order valence-corrected chi connectivity index (χ1v) is 8.61. The molecule has 0 atom stereocenters. The van der Waals surface area contributed by atoms with E-state index in [0.717, 1.165) is 49.8 Å². The topological polar surface area (TPSA) is 45.2 Å². The van der Waals surface area contributed by atoms with Gasteiger partial charge < -0.3 is 10.2 Å². The zero-order valence-corrected chi connectivity index (χ0v) is 14.6. The number of alkyl halides is 3. The first-order chi connectivity index (χ1) is 12.3. The van der Waals surface area contributed by atoms with Crippen molar-refractivity contribution in [1.29, 1.82) is 0 Å². The summed E-state index contributed by atoms with van der Waals surface area (Å²) < 4.78 is 38.5. The lowest BCUT2D eigenvalue weighted by Crippen LogP contribution is -2.29. The zero-order valence-electron chi connectivity index (χ0n) is 13.8. The highest BCUT2D eigenvalue weighted by Crippen LogP contribution is 2.34. The van der Waals surface area contributed by atoms with Gasteiger partial charge in [-0.15, -0.1) is 0 Å². The Balaban J connectivity index is 1.80. The monoisotopic (exact) mass is 383 g/mol. The number of carbonyl (C=O) groups is 1. The van der Waals surface area contributed by atoms with Crippen molar-refractivity contribution in [3.05, 3.63) is 52.8 Å². The number of hydrogen-bond donors (Lipinski definition) is 1. The molecule has 0 bridgehead atoms. The van der Waals surface area contributed by atoms with Crippen LogP contribution in [0, 0.1) is 0 Å². The Hall–Kier alpha value is -2.28. The maximum absolute atomic E-state index is 12.8. The van der Waals surface area contributed by atoms with Gasteiger partial charge in [0.1, 0.15) is 5.69 Å². The second-order valence-corrected chi connectivity index (χ2v) is 6.50. The van der Waals surface area contributed by atoms with E-state index in [1.54, 1.807) is 6.07 Å². The summed E-state index contributed by atoms with van der Waals surface area (Å²) in [5, 5.41) is 2.44. The Morgan fingerprint density at radius 2 is 1.85 bits per heavy atom. The molecule has 0 radical (unpaired) electrons. The van der Waals surface area contributed by atoms with Crippen LogP contribution in [-0.4, -0.2) is 24.0 Å². The average molecular weight is 384 g/mol. The van der Waals surface area contributed by atoms with E-state index >= 15 is 0 Å². The lowest BCUT2D eigenvalue weighted by Gasteiger charge is -2.28. The number of pyridine rings is 1. The van der Waals surface area contributed by atoms with Crippen LogP contribution >= 0.6 is 11.6 Å². The molecule has 0 spiro atoms. The van der Waals surface area contributed by atoms with E-state index in [9.17, 15) is 18.0 Å². The molecule has 0 aliphatic carbocycles. The number of anilines is 2. The van der Waals surface area contributed by atoms with Gasteiger partial charge in [-0.1, -0.05) is 11.6 Å². The Labute approximate surface area is 154 Å². The van der Waals surface area contributed by atoms with Crippen molar-refractivity contribution in [2.24, 2.45) is 0 Å². The van der Waals surface area contributed by atoms with E-state index in [4.69, 9.17) is 11.6 Å². The summed E-state index contributed by atoms with van der Waals surface area (Å²) in [6.07, 6.45) is 0.361. The molecule has 138 valence electrons. The number of nitrogens with zero attached hydrogens (tertiary/aromatic N) is 2. The minimum Gasteiger partial charge on any atom is -0.371 e. The lowest BCUT2D eigenvalue weighted by atomic mass is 10.1. The third-order valence-electron chi connectivity index (χ3n) is 4.24. The molecule has 4 nitrogen and oxygen atoms in total. The molecule has 1 fully saturated rings. The molecule has 1 saturated heterocycles. The molecule has 2 heterocycles. The number of aromatic nitrogens is 1. The van der Waals surface area contributed by atoms with Crippen LogP contribution in [0.5, 0.6) is 0 Å². The van der Waals surface area contributed by atoms with Gasteiger partial charge >= 0.3 is 6.18 Å². The van der Waals surface area contributed by atoms with Crippen molar-refractivity contribution in [3.8, 4) is 0 Å². The van der Waals surface area contributed by atoms with Crippen molar-refractivity contribution in [1.82, 2.24) is 4.98 Å². The molecule has 1 aromatic carbocycles. The van der Waals surface area contributed by atoms with Crippen molar-refractivity contribution < 1.29 is 18.0 Å². The van der Waals surface area contributed by atoms with Crippen LogP contribution in [0.2, 0.25) is 5.02 Å². The van der Waals surface area contributed by atoms with E-state index in [2.05, 4.69) is 15.2 Å². The van der Waals surface area contributed by atoms with Crippen LogP contribution in [0.4, 0.5) is 24.5 Å². The SMILES string of the molecule is O=C(Nc1cc(C(F)(F)F)ccc1Cl)c1cc(N2CCCCC2)ccn1. The number of carbonyl (C=O) groups excluding carboxylic acids is 1. The van der Waals surface area contributed by atoms with Gasteiger partial charge in [0.25, 0.3) is 5.91 Å². The number of hydrogen-bond acceptors (Lipinski definition) is 3. The summed E-state index contributed by atoms with van der Waals surface area (Å²) in [5.41, 5.74) is 0.0189. The average Bonchev–Trinajstić information content (AvgIpc) is 2.63. The molecule has 0 saturated carbocycles. The summed E-state index contributed by atoms with van der Waals surface area (Å²) in [7, 11) is 0. The molecular weight excluding hydrogens is 367 g/mol. The minimum atomic E-state index is -4.52. The van der Waals surface area contributed by atoms with Gasteiger partial charge in [0, 0.05) is 25.0 Å². The molecule has 0 unspecified atom stereocenters. The highest BCUT2D eigenvalue weighted by atomic mass is 35.5. The second-order valence-electron chi connectivity index (χ2n) is 6.09. The summed E-state index contributed by atoms with van der Waals surface area (Å²) in [6, 6.07) is 6.25. The Morgan fingerprint density at radius 3 is 2.54 bits per heavy atom. The maximum atomic E-state index is 12.8. The van der Waals surface area contributed by atoms with Gasteiger partial charge in [0.2, 0.25) is 0 Å². The van der Waals surface area contributed by atoms with Gasteiger partial charge in [-0.05, 0) is 49.6 Å². The predicted molar refractivity (Wildman–Crippen MR) is 94.7 cm³/mol. The highest BCUT2D eigenvalue weighted by Gasteiger charge is 2.31. The fourth-order valence-electron chi connectivity index (χ4n) is 2.88. The van der Waals surface area contributed by atoms with Gasteiger partial charge in [-0.3, -0.25) is 9.78 Å². The number of piperidine rings is 1. The van der Waals surface area contributed by atoms with Crippen LogP contribution in [-0.2, 0) is 6.18 Å². The normalized spacial score (nSPS) is 15.0. The van der Waals surface area contributed by atoms with Crippen LogP contribution < -0.4 is 10.2 Å². The maximum Gasteiger partial charge on any atom is 0.416 e. The number of benzene rings is 1. The standard InChI is InChI=1S/C18H17ClF3N3O/c19-14-5-4-12(18(20,21)22)10-15(14)24-17(26)16-11-13(6-7-23-16)25-8-2-1-3-9-25/h4-7,10-11H,1-3,8-9H2,(H,24,26). The smallest absolute Gasteiger partial charge is 0.371 e. The molecule has 1 amide bonds. The van der Waals surface area contributed by atoms with E-state index in [-0.39, 0.29) is 16.4 Å². The molecule has 2 aromatic rings. The third-order valence-corrected chi connectivity index (χ3v) is 4.57. The van der Waals surface area contributed by atoms with Crippen LogP contribution in [0.25, 0.3) is 0 Å². The molecule has 8 heteroatoms. The summed E-state index contributed by atoms with van der Waals surface area (Å²) in [6.45, 7) is 1.81. The Bertz CT molecular complexity index is 805. The van der Waals surface area contributed by atoms with Crippen LogP contribution in [0.1, 0.15) is 35.3 Å². The van der Waals surface area contributed by atoms with E-state index in [1.165, 1.54) is 12.6 Å². The van der Waals surface area contributed by atoms with Crippen molar-refractivity contribution >= 4 is 28.9 Å². The molecule has 3 rings (SSSR count). The quantitative estimate of drug-likeness (QED) is 0.811. The van der Waals surface area contributed by atoms with Gasteiger partial charge in [0.15, 0.2) is 0 Å². The summed E-state index contributed by atoms with van der Waals surface area (Å²) in [4.78, 5) is 18.6. The molecule has 1 aliphatic heterocycles. The minimum absolute atomic E-state index is 0.0264. The third kappa shape index (κ3) is 4.27. The Morgan fingerprint density at radius 1 is 1.12 bits per heavy atom. The lowest BCUT2D eigenvalue weighted by molar-refractivity contribution is -0.137. The van der Waals surface area contributed by atoms with Crippen molar-refractivity contribution in [3.63, 3.8) is 0 Å². The molecule has 26 heavy (non-hydrogen) atoms. The van der Waals surface area contributed by atoms with Gasteiger partial charge in [-0.25, -0.2) is 0 Å². The number of amides is 1. The summed E-state index contributed by atoms with van der Waals surface area (Å²) in [5.74, 6) is -0.606. The predicted octanol–water partition coefficient (Wildman–Crippen LogP) is 5.00. The molecule has 1 N–H and O–H groups in total. The van der Waals surface area contributed by atoms with Crippen molar-refractivity contribution in [2.45, 2.75) is 25.4 Å². The van der Waals surface area contributed by atoms with E-state index in [1.807, 2.05) is 6.07 Å². The number of rotatable bonds is 3. The van der Waals surface area contributed by atoms with Gasteiger partial charge in [0.05, 0.1) is 16.3 Å². The van der Waals surface area contributed by atoms with E-state index < -0.39 is 17.6 Å². The molecular formula is C18H17ClF3N3O. The first kappa shape index (κ1) is 18.5. The van der Waals surface area contributed by atoms with Crippen molar-refractivity contribution in [2.75, 3.05) is 23.3 Å². The van der Waals surface area contributed by atoms with Crippen LogP contribution in [0.15, 0.2) is 36.5 Å². The number of halogens is 4. The second kappa shape index (κ2) is 7.53. The van der Waals surface area contributed by atoms with E-state index in [0.29, 0.717) is 0 Å². The van der Waals surface area contributed by atoms with Gasteiger partial charge in [-0.2, -0.15) is 13.2 Å². The Kier molecular flexibility index (Phi) is 5.36. The zero-order chi connectivity index (χ0) is 18.7. The summed E-state index contributed by atoms with van der Waals surface area (Å²) >= 11 is 5.92. The first-order valence-electron chi connectivity index (χ1n) is 8.24. The van der Waals surface area contributed by atoms with Crippen LogP contribution in [0.3, 0.4) is 0 Å². The fourth-order valence-corrected chi connectivity index (χ4v) is 3.04. The highest BCUT2D eigenvalue weighted by molar-refractivity contribution is 6.33. The largest absolute Gasteiger partial charge is 0.416 e. The molecule has 1 aliphatic rings. The fraction of sp³-hybridized carbons (Fsp3) is 0.333.